The summed E-state index contributed by atoms with van der Waals surface area (Å²) in [6.07, 6.45) is 1.59. The van der Waals surface area contributed by atoms with Crippen molar-refractivity contribution in [2.24, 2.45) is 0 Å². The Morgan fingerprint density at radius 3 is 2.69 bits per heavy atom. The summed E-state index contributed by atoms with van der Waals surface area (Å²) in [6, 6.07) is 14.2. The van der Waals surface area contributed by atoms with E-state index < -0.39 is 11.6 Å². The fourth-order valence-electron chi connectivity index (χ4n) is 3.12. The van der Waals surface area contributed by atoms with E-state index >= 15 is 0 Å². The van der Waals surface area contributed by atoms with Crippen molar-refractivity contribution in [3.8, 4) is 0 Å². The van der Waals surface area contributed by atoms with Gasteiger partial charge in [-0.3, -0.25) is 14.7 Å². The molecule has 1 aliphatic rings. The highest BCUT2D eigenvalue weighted by atomic mass is 35.5. The molecule has 1 saturated heterocycles. The lowest BCUT2D eigenvalue weighted by atomic mass is 9.97. The zero-order valence-electron chi connectivity index (χ0n) is 13.9. The fourth-order valence-corrected chi connectivity index (χ4v) is 3.41. The van der Waals surface area contributed by atoms with Gasteiger partial charge in [-0.15, -0.1) is 0 Å². The minimum absolute atomic E-state index is 0.0393. The summed E-state index contributed by atoms with van der Waals surface area (Å²) < 4.78 is 0. The van der Waals surface area contributed by atoms with Gasteiger partial charge in [0.2, 0.25) is 0 Å². The number of urea groups is 1. The average molecular weight is 367 g/mol. The molecule has 0 saturated carbocycles. The van der Waals surface area contributed by atoms with Gasteiger partial charge in [0.1, 0.15) is 5.15 Å². The molecule has 1 aliphatic heterocycles. The van der Waals surface area contributed by atoms with Crippen molar-refractivity contribution in [1.29, 1.82) is 0 Å². The van der Waals surface area contributed by atoms with Crippen molar-refractivity contribution in [1.82, 2.24) is 20.2 Å². The maximum absolute atomic E-state index is 12.9. The minimum atomic E-state index is -1.20. The third-order valence-electron chi connectivity index (χ3n) is 4.52. The van der Waals surface area contributed by atoms with Crippen LogP contribution in [0, 0.1) is 0 Å². The first kappa shape index (κ1) is 16.5. The lowest BCUT2D eigenvalue weighted by Crippen LogP contribution is -2.41. The third kappa shape index (κ3) is 2.59. The summed E-state index contributed by atoms with van der Waals surface area (Å²) in [4.78, 5) is 35.1. The standard InChI is InChI=1S/C19H15ClN4O2/c1-19(15-8-4-5-9-21-15)17(25)24(18(26)23-19)11-13-10-12-6-2-3-7-14(12)16(20)22-13/h2-10H,11H2,1H3,(H,23,26)/t19-/m1/s1. The zero-order chi connectivity index (χ0) is 18.3. The first-order valence-corrected chi connectivity index (χ1v) is 8.46. The summed E-state index contributed by atoms with van der Waals surface area (Å²) in [7, 11) is 0. The number of imide groups is 1. The van der Waals surface area contributed by atoms with Crippen LogP contribution < -0.4 is 5.32 Å². The van der Waals surface area contributed by atoms with Gasteiger partial charge in [0, 0.05) is 11.6 Å². The normalized spacial score (nSPS) is 19.8. The molecule has 3 amide bonds. The predicted octanol–water partition coefficient (Wildman–Crippen LogP) is 3.25. The molecular formula is C19H15ClN4O2. The second-order valence-electron chi connectivity index (χ2n) is 6.29. The number of rotatable bonds is 3. The number of pyridine rings is 2. The number of aromatic nitrogens is 2. The SMILES string of the molecule is C[C@]1(c2ccccn2)NC(=O)N(Cc2cc3ccccc3c(Cl)n2)C1=O. The summed E-state index contributed by atoms with van der Waals surface area (Å²) in [5.41, 5.74) is -0.160. The maximum Gasteiger partial charge on any atom is 0.325 e. The van der Waals surface area contributed by atoms with Gasteiger partial charge < -0.3 is 5.32 Å². The number of hydrogen-bond donors (Lipinski definition) is 1. The van der Waals surface area contributed by atoms with Crippen LogP contribution in [0.4, 0.5) is 4.79 Å². The summed E-state index contributed by atoms with van der Waals surface area (Å²) in [5.74, 6) is -0.368. The van der Waals surface area contributed by atoms with Crippen LogP contribution in [-0.2, 0) is 16.9 Å². The van der Waals surface area contributed by atoms with E-state index in [4.69, 9.17) is 11.6 Å². The number of benzene rings is 1. The van der Waals surface area contributed by atoms with Crippen LogP contribution in [0.2, 0.25) is 5.15 Å². The van der Waals surface area contributed by atoms with Gasteiger partial charge in [0.25, 0.3) is 5.91 Å². The molecule has 2 aromatic heterocycles. The van der Waals surface area contributed by atoms with Crippen LogP contribution in [0.1, 0.15) is 18.3 Å². The van der Waals surface area contributed by atoms with Crippen molar-refractivity contribution in [2.45, 2.75) is 19.0 Å². The van der Waals surface area contributed by atoms with E-state index in [-0.39, 0.29) is 12.5 Å². The Morgan fingerprint density at radius 1 is 1.15 bits per heavy atom. The highest BCUT2D eigenvalue weighted by molar-refractivity contribution is 6.34. The molecular weight excluding hydrogens is 352 g/mol. The van der Waals surface area contributed by atoms with E-state index in [0.717, 1.165) is 15.7 Å². The Balaban J connectivity index is 1.67. The Hall–Kier alpha value is -2.99. The van der Waals surface area contributed by atoms with Gasteiger partial charge in [-0.05, 0) is 30.5 Å². The van der Waals surface area contributed by atoms with Gasteiger partial charge in [-0.2, -0.15) is 0 Å². The number of nitrogens with zero attached hydrogens (tertiary/aromatic N) is 3. The molecule has 4 rings (SSSR count). The minimum Gasteiger partial charge on any atom is -0.318 e. The molecule has 130 valence electrons. The number of carbonyl (C=O) groups is 2. The third-order valence-corrected chi connectivity index (χ3v) is 4.81. The number of halogens is 1. The second-order valence-corrected chi connectivity index (χ2v) is 6.64. The monoisotopic (exact) mass is 366 g/mol. The van der Waals surface area contributed by atoms with E-state index in [1.54, 1.807) is 31.3 Å². The molecule has 26 heavy (non-hydrogen) atoms. The van der Waals surface area contributed by atoms with Crippen LogP contribution in [-0.4, -0.2) is 26.8 Å². The van der Waals surface area contributed by atoms with Gasteiger partial charge >= 0.3 is 6.03 Å². The van der Waals surface area contributed by atoms with Gasteiger partial charge in [-0.25, -0.2) is 9.78 Å². The molecule has 0 bridgehead atoms. The summed E-state index contributed by atoms with van der Waals surface area (Å²) in [6.45, 7) is 1.69. The maximum atomic E-state index is 12.9. The van der Waals surface area contributed by atoms with Crippen LogP contribution >= 0.6 is 11.6 Å². The molecule has 1 fully saturated rings. The quantitative estimate of drug-likeness (QED) is 0.570. The van der Waals surface area contributed by atoms with Crippen LogP contribution in [0.25, 0.3) is 10.8 Å². The first-order chi connectivity index (χ1) is 12.5. The predicted molar refractivity (Wildman–Crippen MR) is 97.4 cm³/mol. The number of carbonyl (C=O) groups excluding carboxylic acids is 2. The molecule has 0 unspecified atom stereocenters. The number of hydrogen-bond acceptors (Lipinski definition) is 4. The lowest BCUT2D eigenvalue weighted by molar-refractivity contribution is -0.131. The Bertz CT molecular complexity index is 1020. The number of nitrogens with one attached hydrogen (secondary N) is 1. The number of fused-ring (bicyclic) bond motifs is 1. The van der Waals surface area contributed by atoms with Crippen LogP contribution in [0.3, 0.4) is 0 Å². The van der Waals surface area contributed by atoms with E-state index in [0.29, 0.717) is 16.5 Å². The average Bonchev–Trinajstić information content (AvgIpc) is 2.87. The number of amides is 3. The molecule has 1 N–H and O–H groups in total. The van der Waals surface area contributed by atoms with Crippen molar-refractivity contribution < 1.29 is 9.59 Å². The Kier molecular flexibility index (Phi) is 3.85. The lowest BCUT2D eigenvalue weighted by Gasteiger charge is -2.20. The van der Waals surface area contributed by atoms with Crippen molar-refractivity contribution >= 4 is 34.3 Å². The molecule has 1 aromatic carbocycles. The van der Waals surface area contributed by atoms with Crippen molar-refractivity contribution in [3.05, 3.63) is 71.3 Å². The van der Waals surface area contributed by atoms with E-state index in [1.807, 2.05) is 30.3 Å². The van der Waals surface area contributed by atoms with Gasteiger partial charge in [-0.1, -0.05) is 41.9 Å². The molecule has 1 atom stereocenters. The topological polar surface area (TPSA) is 75.2 Å². The molecule has 0 spiro atoms. The van der Waals surface area contributed by atoms with E-state index in [1.165, 1.54) is 0 Å². The first-order valence-electron chi connectivity index (χ1n) is 8.09. The molecule has 0 aliphatic carbocycles. The summed E-state index contributed by atoms with van der Waals surface area (Å²) in [5, 5.41) is 4.81. The summed E-state index contributed by atoms with van der Waals surface area (Å²) >= 11 is 6.25. The van der Waals surface area contributed by atoms with Crippen molar-refractivity contribution in [3.63, 3.8) is 0 Å². The fraction of sp³-hybridized carbons (Fsp3) is 0.158. The highest BCUT2D eigenvalue weighted by Crippen LogP contribution is 2.29. The molecule has 7 heteroatoms. The second kappa shape index (κ2) is 6.07. The molecule has 3 aromatic rings. The van der Waals surface area contributed by atoms with Gasteiger partial charge in [0.05, 0.1) is 17.9 Å². The Labute approximate surface area is 154 Å². The van der Waals surface area contributed by atoms with Crippen LogP contribution in [0.5, 0.6) is 0 Å². The largest absolute Gasteiger partial charge is 0.325 e. The Morgan fingerprint density at radius 2 is 1.92 bits per heavy atom. The van der Waals surface area contributed by atoms with Crippen LogP contribution in [0.15, 0.2) is 54.7 Å². The smallest absolute Gasteiger partial charge is 0.318 e. The van der Waals surface area contributed by atoms with E-state index in [2.05, 4.69) is 15.3 Å². The zero-order valence-corrected chi connectivity index (χ0v) is 14.7. The molecule has 6 nitrogen and oxygen atoms in total. The van der Waals surface area contributed by atoms with Gasteiger partial charge in [0.15, 0.2) is 5.54 Å². The van der Waals surface area contributed by atoms with E-state index in [9.17, 15) is 9.59 Å². The molecule has 3 heterocycles. The van der Waals surface area contributed by atoms with Crippen molar-refractivity contribution in [2.75, 3.05) is 0 Å². The molecule has 0 radical (unpaired) electrons. The highest BCUT2D eigenvalue weighted by Gasteiger charge is 2.50.